The molecule has 0 saturated carbocycles. The lowest BCUT2D eigenvalue weighted by Gasteiger charge is -2.10. The van der Waals surface area contributed by atoms with Gasteiger partial charge in [0.05, 0.1) is 12.2 Å². The van der Waals surface area contributed by atoms with E-state index in [1.165, 1.54) is 18.1 Å². The second kappa shape index (κ2) is 4.10. The van der Waals surface area contributed by atoms with Crippen molar-refractivity contribution in [3.8, 4) is 0 Å². The molecule has 16 heavy (non-hydrogen) atoms. The molecule has 0 saturated heterocycles. The summed E-state index contributed by atoms with van der Waals surface area (Å²) in [6.45, 7) is 0.879. The number of carbonyl (C=O) groups excluding carboxylic acids is 1. The molecule has 0 amide bonds. The second-order valence-electron chi connectivity index (χ2n) is 3.45. The summed E-state index contributed by atoms with van der Waals surface area (Å²) >= 11 is 0. The standard InChI is InChI=1S/C11H10BFO3/c1-2-16-11(14)9-8(13)4-3-7-5-6-12(15)10(7)9/h3-6,15H,2H2,1H3. The fraction of sp³-hybridized carbons (Fsp3) is 0.182. The molecule has 0 atom stereocenters. The predicted octanol–water partition coefficient (Wildman–Crippen LogP) is 0.759. The number of fused-ring (bicyclic) bond motifs is 1. The first-order valence-electron chi connectivity index (χ1n) is 5.01. The van der Waals surface area contributed by atoms with Crippen LogP contribution in [0.25, 0.3) is 6.08 Å². The van der Waals surface area contributed by atoms with Crippen LogP contribution in [-0.4, -0.2) is 24.5 Å². The number of esters is 1. The zero-order valence-electron chi connectivity index (χ0n) is 8.74. The minimum absolute atomic E-state index is 0.170. The molecule has 2 rings (SSSR count). The van der Waals surface area contributed by atoms with Gasteiger partial charge in [-0.2, -0.15) is 0 Å². The third-order valence-corrected chi connectivity index (χ3v) is 2.46. The van der Waals surface area contributed by atoms with E-state index in [9.17, 15) is 14.2 Å². The number of hydrogen-bond donors (Lipinski definition) is 1. The molecular formula is C11H10BFO3. The van der Waals surface area contributed by atoms with Crippen molar-refractivity contribution in [2.75, 3.05) is 6.61 Å². The van der Waals surface area contributed by atoms with Gasteiger partial charge in [0.1, 0.15) is 5.82 Å². The van der Waals surface area contributed by atoms with Crippen molar-refractivity contribution in [2.24, 2.45) is 0 Å². The zero-order valence-corrected chi connectivity index (χ0v) is 8.74. The minimum atomic E-state index is -0.940. The lowest BCUT2D eigenvalue weighted by atomic mass is 9.62. The predicted molar refractivity (Wildman–Crippen MR) is 59.0 cm³/mol. The van der Waals surface area contributed by atoms with Crippen molar-refractivity contribution in [3.05, 3.63) is 35.1 Å². The molecule has 1 aromatic rings. The Morgan fingerprint density at radius 2 is 2.31 bits per heavy atom. The SMILES string of the molecule is CCOC(=O)c1c(F)ccc2c1B(O)C=C2. The average molecular weight is 220 g/mol. The van der Waals surface area contributed by atoms with Gasteiger partial charge >= 0.3 is 12.9 Å². The van der Waals surface area contributed by atoms with Crippen LogP contribution in [0.4, 0.5) is 4.39 Å². The van der Waals surface area contributed by atoms with Crippen LogP contribution in [0.1, 0.15) is 22.8 Å². The summed E-state index contributed by atoms with van der Waals surface area (Å²) in [4.78, 5) is 11.6. The van der Waals surface area contributed by atoms with Gasteiger partial charge in [0.15, 0.2) is 0 Å². The molecule has 0 fully saturated rings. The smallest absolute Gasteiger partial charge is 0.352 e. The van der Waals surface area contributed by atoms with E-state index in [-0.39, 0.29) is 12.2 Å². The number of ether oxygens (including phenoxy) is 1. The lowest BCUT2D eigenvalue weighted by molar-refractivity contribution is 0.0522. The maximum Gasteiger partial charge on any atom is 0.352 e. The third kappa shape index (κ3) is 1.63. The van der Waals surface area contributed by atoms with Crippen LogP contribution in [-0.2, 0) is 4.74 Å². The van der Waals surface area contributed by atoms with Crippen LogP contribution >= 0.6 is 0 Å². The number of halogens is 1. The highest BCUT2D eigenvalue weighted by atomic mass is 19.1. The summed E-state index contributed by atoms with van der Waals surface area (Å²) in [5.41, 5.74) is 0.771. The minimum Gasteiger partial charge on any atom is -0.462 e. The Hall–Kier alpha value is -1.62. The highest BCUT2D eigenvalue weighted by Gasteiger charge is 2.29. The Morgan fingerprint density at radius 1 is 1.56 bits per heavy atom. The molecule has 82 valence electrons. The van der Waals surface area contributed by atoms with Crippen LogP contribution in [0.3, 0.4) is 0 Å². The van der Waals surface area contributed by atoms with Crippen LogP contribution in [0.2, 0.25) is 0 Å². The van der Waals surface area contributed by atoms with Crippen molar-refractivity contribution < 1.29 is 18.9 Å². The van der Waals surface area contributed by atoms with E-state index in [4.69, 9.17) is 4.74 Å². The second-order valence-corrected chi connectivity index (χ2v) is 3.45. The summed E-state index contributed by atoms with van der Waals surface area (Å²) in [5.74, 6) is 0.104. The average Bonchev–Trinajstić information content (AvgIpc) is 2.61. The molecule has 3 nitrogen and oxygen atoms in total. The first-order chi connectivity index (χ1) is 7.65. The van der Waals surface area contributed by atoms with Gasteiger partial charge in [-0.15, -0.1) is 0 Å². The van der Waals surface area contributed by atoms with Gasteiger partial charge in [-0.1, -0.05) is 18.1 Å². The Kier molecular flexibility index (Phi) is 2.79. The molecule has 0 aromatic heterocycles. The quantitative estimate of drug-likeness (QED) is 0.591. The van der Waals surface area contributed by atoms with E-state index >= 15 is 0 Å². The Labute approximate surface area is 92.7 Å². The molecule has 5 heteroatoms. The molecule has 1 aromatic carbocycles. The Bertz CT molecular complexity index is 471. The summed E-state index contributed by atoms with van der Waals surface area (Å²) in [6.07, 6.45) is 1.65. The van der Waals surface area contributed by atoms with Crippen LogP contribution in [0, 0.1) is 5.82 Å². The largest absolute Gasteiger partial charge is 0.462 e. The summed E-state index contributed by atoms with van der Waals surface area (Å²) in [5, 5.41) is 9.64. The maximum absolute atomic E-state index is 13.6. The first-order valence-corrected chi connectivity index (χ1v) is 5.01. The molecule has 0 aliphatic carbocycles. The number of carbonyl (C=O) groups is 1. The first kappa shape index (κ1) is 10.9. The van der Waals surface area contributed by atoms with E-state index in [1.807, 2.05) is 0 Å². The molecule has 1 heterocycles. The van der Waals surface area contributed by atoms with Crippen molar-refractivity contribution in [1.29, 1.82) is 0 Å². The van der Waals surface area contributed by atoms with Crippen LogP contribution in [0.15, 0.2) is 18.1 Å². The monoisotopic (exact) mass is 220 g/mol. The topological polar surface area (TPSA) is 46.5 Å². The maximum atomic E-state index is 13.6. The highest BCUT2D eigenvalue weighted by Crippen LogP contribution is 2.16. The molecule has 1 aliphatic heterocycles. The van der Waals surface area contributed by atoms with E-state index < -0.39 is 18.7 Å². The van der Waals surface area contributed by atoms with Gasteiger partial charge in [0.25, 0.3) is 0 Å². The summed E-state index contributed by atoms with van der Waals surface area (Å²) < 4.78 is 18.3. The van der Waals surface area contributed by atoms with Crippen molar-refractivity contribution in [3.63, 3.8) is 0 Å². The Balaban J connectivity index is 2.53. The fourth-order valence-corrected chi connectivity index (χ4v) is 1.77. The van der Waals surface area contributed by atoms with E-state index in [0.717, 1.165) is 0 Å². The molecule has 0 bridgehead atoms. The third-order valence-electron chi connectivity index (χ3n) is 2.46. The van der Waals surface area contributed by atoms with Crippen molar-refractivity contribution in [1.82, 2.24) is 0 Å². The molecule has 1 N–H and O–H groups in total. The summed E-state index contributed by atoms with van der Waals surface area (Å²) in [7, 11) is 0. The van der Waals surface area contributed by atoms with Crippen LogP contribution < -0.4 is 5.46 Å². The van der Waals surface area contributed by atoms with Crippen molar-refractivity contribution in [2.45, 2.75) is 6.92 Å². The highest BCUT2D eigenvalue weighted by molar-refractivity contribution is 6.75. The zero-order chi connectivity index (χ0) is 11.7. The normalized spacial score (nSPS) is 12.8. The number of benzene rings is 1. The Morgan fingerprint density at radius 3 is 3.00 bits per heavy atom. The van der Waals surface area contributed by atoms with Crippen molar-refractivity contribution >= 4 is 24.4 Å². The van der Waals surface area contributed by atoms with Gasteiger partial charge in [-0.25, -0.2) is 9.18 Å². The molecule has 0 spiro atoms. The van der Waals surface area contributed by atoms with Gasteiger partial charge in [0.2, 0.25) is 0 Å². The van der Waals surface area contributed by atoms with Gasteiger partial charge in [0, 0.05) is 0 Å². The van der Waals surface area contributed by atoms with Gasteiger partial charge in [-0.05, 0) is 24.0 Å². The fourth-order valence-electron chi connectivity index (χ4n) is 1.77. The van der Waals surface area contributed by atoms with E-state index in [0.29, 0.717) is 11.0 Å². The van der Waals surface area contributed by atoms with Gasteiger partial charge < -0.3 is 9.76 Å². The van der Waals surface area contributed by atoms with E-state index in [2.05, 4.69) is 0 Å². The van der Waals surface area contributed by atoms with Gasteiger partial charge in [-0.3, -0.25) is 0 Å². The molecular weight excluding hydrogens is 210 g/mol. The lowest BCUT2D eigenvalue weighted by Crippen LogP contribution is -2.34. The molecule has 0 radical (unpaired) electrons. The molecule has 1 aliphatic rings. The number of rotatable bonds is 2. The summed E-state index contributed by atoms with van der Waals surface area (Å²) in [6, 6.07) is 2.73. The molecule has 0 unspecified atom stereocenters. The van der Waals surface area contributed by atoms with E-state index in [1.54, 1.807) is 13.0 Å². The van der Waals surface area contributed by atoms with Crippen LogP contribution in [0.5, 0.6) is 0 Å². The number of hydrogen-bond acceptors (Lipinski definition) is 3.